The van der Waals surface area contributed by atoms with Gasteiger partial charge >= 0.3 is 5.97 Å². The number of aliphatic imine (C=N–C) groups is 1. The van der Waals surface area contributed by atoms with Crippen molar-refractivity contribution in [1.29, 1.82) is 0 Å². The number of nitrogens with one attached hydrogen (secondary N) is 2. The number of benzene rings is 1. The van der Waals surface area contributed by atoms with Gasteiger partial charge in [0.25, 0.3) is 0 Å². The van der Waals surface area contributed by atoms with E-state index >= 15 is 0 Å². The SMILES string of the molecule is CN=C(NCCCCCC(=O)OC)NCc1ccc(C)cc1OC1CCOC1. The van der Waals surface area contributed by atoms with E-state index in [2.05, 4.69) is 45.5 Å². The fourth-order valence-corrected chi connectivity index (χ4v) is 2.98. The Hall–Kier alpha value is -2.28. The van der Waals surface area contributed by atoms with Crippen molar-refractivity contribution in [1.82, 2.24) is 10.6 Å². The van der Waals surface area contributed by atoms with E-state index in [1.54, 1.807) is 7.05 Å². The van der Waals surface area contributed by atoms with Crippen LogP contribution in [0.25, 0.3) is 0 Å². The van der Waals surface area contributed by atoms with E-state index in [1.807, 2.05) is 0 Å². The highest BCUT2D eigenvalue weighted by atomic mass is 16.5. The van der Waals surface area contributed by atoms with Crippen molar-refractivity contribution >= 4 is 11.9 Å². The smallest absolute Gasteiger partial charge is 0.305 e. The zero-order valence-electron chi connectivity index (χ0n) is 17.3. The number of unbranched alkanes of at least 4 members (excludes halogenated alkanes) is 2. The summed E-state index contributed by atoms with van der Waals surface area (Å²) in [6.45, 7) is 4.92. The third kappa shape index (κ3) is 7.76. The Bertz CT molecular complexity index is 643. The first-order chi connectivity index (χ1) is 13.6. The average molecular weight is 392 g/mol. The van der Waals surface area contributed by atoms with Crippen LogP contribution in [0.2, 0.25) is 0 Å². The molecule has 2 N–H and O–H groups in total. The lowest BCUT2D eigenvalue weighted by Gasteiger charge is -2.18. The zero-order chi connectivity index (χ0) is 20.2. The summed E-state index contributed by atoms with van der Waals surface area (Å²) in [6, 6.07) is 6.26. The maximum absolute atomic E-state index is 11.1. The number of esters is 1. The van der Waals surface area contributed by atoms with Gasteiger partial charge in [-0.1, -0.05) is 18.6 Å². The van der Waals surface area contributed by atoms with Crippen molar-refractivity contribution in [3.05, 3.63) is 29.3 Å². The third-order valence-electron chi connectivity index (χ3n) is 4.65. The Morgan fingerprint density at radius 1 is 1.29 bits per heavy atom. The van der Waals surface area contributed by atoms with Crippen LogP contribution in [0, 0.1) is 6.92 Å². The van der Waals surface area contributed by atoms with Crippen molar-refractivity contribution in [2.45, 2.75) is 51.7 Å². The summed E-state index contributed by atoms with van der Waals surface area (Å²) in [7, 11) is 3.18. The van der Waals surface area contributed by atoms with Crippen molar-refractivity contribution in [2.24, 2.45) is 4.99 Å². The molecule has 1 aliphatic rings. The lowest BCUT2D eigenvalue weighted by atomic mass is 10.1. The van der Waals surface area contributed by atoms with Crippen LogP contribution in [-0.4, -0.2) is 51.9 Å². The van der Waals surface area contributed by atoms with E-state index in [-0.39, 0.29) is 12.1 Å². The van der Waals surface area contributed by atoms with Gasteiger partial charge in [0.2, 0.25) is 0 Å². The molecule has 2 rings (SSSR count). The molecule has 1 aromatic carbocycles. The van der Waals surface area contributed by atoms with Gasteiger partial charge in [0.05, 0.1) is 20.3 Å². The van der Waals surface area contributed by atoms with E-state index in [0.717, 1.165) is 56.1 Å². The van der Waals surface area contributed by atoms with Gasteiger partial charge in [-0.2, -0.15) is 0 Å². The quantitative estimate of drug-likeness (QED) is 0.276. The Kier molecular flexibility index (Phi) is 9.62. The second-order valence-corrected chi connectivity index (χ2v) is 6.95. The van der Waals surface area contributed by atoms with Crippen LogP contribution >= 0.6 is 0 Å². The number of ether oxygens (including phenoxy) is 3. The highest BCUT2D eigenvalue weighted by Gasteiger charge is 2.18. The number of methoxy groups -OCH3 is 1. The van der Waals surface area contributed by atoms with Crippen molar-refractivity contribution in [2.75, 3.05) is 33.9 Å². The van der Waals surface area contributed by atoms with Gasteiger partial charge in [0.1, 0.15) is 11.9 Å². The molecule has 7 heteroatoms. The first kappa shape index (κ1) is 22.0. The number of hydrogen-bond donors (Lipinski definition) is 2. The molecule has 1 unspecified atom stereocenters. The van der Waals surface area contributed by atoms with Gasteiger partial charge in [-0.3, -0.25) is 9.79 Å². The molecule has 28 heavy (non-hydrogen) atoms. The monoisotopic (exact) mass is 391 g/mol. The number of aryl methyl sites for hydroxylation is 1. The molecule has 0 bridgehead atoms. The molecule has 0 aromatic heterocycles. The second-order valence-electron chi connectivity index (χ2n) is 6.95. The van der Waals surface area contributed by atoms with Gasteiger partial charge < -0.3 is 24.8 Å². The topological polar surface area (TPSA) is 81.2 Å². The predicted octanol–water partition coefficient (Wildman–Crippen LogP) is 2.56. The summed E-state index contributed by atoms with van der Waals surface area (Å²) >= 11 is 0. The minimum atomic E-state index is -0.147. The molecule has 1 heterocycles. The zero-order valence-corrected chi connectivity index (χ0v) is 17.3. The third-order valence-corrected chi connectivity index (χ3v) is 4.65. The van der Waals surface area contributed by atoms with E-state index in [1.165, 1.54) is 12.7 Å². The van der Waals surface area contributed by atoms with E-state index in [9.17, 15) is 4.79 Å². The summed E-state index contributed by atoms with van der Waals surface area (Å²) in [5.74, 6) is 1.51. The van der Waals surface area contributed by atoms with E-state index in [4.69, 9.17) is 9.47 Å². The van der Waals surface area contributed by atoms with Gasteiger partial charge in [0.15, 0.2) is 5.96 Å². The van der Waals surface area contributed by atoms with E-state index in [0.29, 0.717) is 19.6 Å². The summed E-state index contributed by atoms with van der Waals surface area (Å²) in [5.41, 5.74) is 2.27. The van der Waals surface area contributed by atoms with Crippen LogP contribution < -0.4 is 15.4 Å². The molecular weight excluding hydrogens is 358 g/mol. The van der Waals surface area contributed by atoms with Crippen molar-refractivity contribution in [3.63, 3.8) is 0 Å². The largest absolute Gasteiger partial charge is 0.488 e. The highest BCUT2D eigenvalue weighted by Crippen LogP contribution is 2.23. The first-order valence-corrected chi connectivity index (χ1v) is 9.97. The molecule has 1 atom stereocenters. The molecule has 7 nitrogen and oxygen atoms in total. The molecule has 1 aromatic rings. The van der Waals surface area contributed by atoms with Crippen LogP contribution in [0.5, 0.6) is 5.75 Å². The van der Waals surface area contributed by atoms with Gasteiger partial charge in [0, 0.05) is 38.5 Å². The molecule has 0 radical (unpaired) electrons. The van der Waals surface area contributed by atoms with Crippen LogP contribution in [0.3, 0.4) is 0 Å². The first-order valence-electron chi connectivity index (χ1n) is 9.97. The normalized spacial score (nSPS) is 16.7. The highest BCUT2D eigenvalue weighted by molar-refractivity contribution is 5.79. The Labute approximate surface area is 167 Å². The standard InChI is InChI=1S/C21H33N3O4/c1-16-8-9-17(19(13-16)28-18-10-12-27-15-18)14-24-21(22-2)23-11-6-4-5-7-20(25)26-3/h8-9,13,18H,4-7,10-12,14-15H2,1-3H3,(H2,22,23,24). The Morgan fingerprint density at radius 2 is 2.14 bits per heavy atom. The van der Waals surface area contributed by atoms with E-state index < -0.39 is 0 Å². The number of hydrogen-bond acceptors (Lipinski definition) is 5. The lowest BCUT2D eigenvalue weighted by Crippen LogP contribution is -2.37. The number of carbonyl (C=O) groups excluding carboxylic acids is 1. The Morgan fingerprint density at radius 3 is 2.86 bits per heavy atom. The average Bonchev–Trinajstić information content (AvgIpc) is 3.20. The van der Waals surface area contributed by atoms with Crippen LogP contribution in [0.1, 0.15) is 43.2 Å². The number of carbonyl (C=O) groups is 1. The summed E-state index contributed by atoms with van der Waals surface area (Å²) in [5, 5.41) is 6.65. The van der Waals surface area contributed by atoms with Crippen molar-refractivity contribution < 1.29 is 19.0 Å². The summed E-state index contributed by atoms with van der Waals surface area (Å²) < 4.78 is 16.2. The molecule has 0 saturated carbocycles. The number of rotatable bonds is 10. The van der Waals surface area contributed by atoms with Gasteiger partial charge in [-0.15, -0.1) is 0 Å². The lowest BCUT2D eigenvalue weighted by molar-refractivity contribution is -0.140. The fraction of sp³-hybridized carbons (Fsp3) is 0.619. The Balaban J connectivity index is 1.75. The fourth-order valence-electron chi connectivity index (χ4n) is 2.98. The van der Waals surface area contributed by atoms with Crippen LogP contribution in [-0.2, 0) is 20.8 Å². The summed E-state index contributed by atoms with van der Waals surface area (Å²) in [4.78, 5) is 15.4. The molecular formula is C21H33N3O4. The summed E-state index contributed by atoms with van der Waals surface area (Å²) in [6.07, 6.45) is 4.32. The molecule has 0 amide bonds. The minimum Gasteiger partial charge on any atom is -0.488 e. The van der Waals surface area contributed by atoms with Crippen molar-refractivity contribution in [3.8, 4) is 5.75 Å². The molecule has 0 aliphatic carbocycles. The second kappa shape index (κ2) is 12.2. The molecule has 1 saturated heterocycles. The number of guanidine groups is 1. The maximum Gasteiger partial charge on any atom is 0.305 e. The van der Waals surface area contributed by atoms with Crippen LogP contribution in [0.15, 0.2) is 23.2 Å². The number of nitrogens with zero attached hydrogens (tertiary/aromatic N) is 1. The molecule has 1 aliphatic heterocycles. The minimum absolute atomic E-state index is 0.128. The molecule has 1 fully saturated rings. The predicted molar refractivity (Wildman–Crippen MR) is 110 cm³/mol. The van der Waals surface area contributed by atoms with Crippen LogP contribution in [0.4, 0.5) is 0 Å². The maximum atomic E-state index is 11.1. The molecule has 0 spiro atoms. The van der Waals surface area contributed by atoms with Gasteiger partial charge in [-0.05, 0) is 31.4 Å². The van der Waals surface area contributed by atoms with Gasteiger partial charge in [-0.25, -0.2) is 0 Å². The molecule has 156 valence electrons.